The molecule has 0 aromatic heterocycles. The van der Waals surface area contributed by atoms with E-state index < -0.39 is 50.4 Å². The highest BCUT2D eigenvalue weighted by Gasteiger charge is 2.50. The van der Waals surface area contributed by atoms with Crippen molar-refractivity contribution in [2.24, 2.45) is 11.8 Å². The van der Waals surface area contributed by atoms with Gasteiger partial charge >= 0.3 is 0 Å². The Morgan fingerprint density at radius 2 is 1.56 bits per heavy atom. The van der Waals surface area contributed by atoms with Crippen LogP contribution in [0.5, 0.6) is 0 Å². The quantitative estimate of drug-likeness (QED) is 0.120. The molecular formula is C42H74O9SSi2. The molecule has 1 aromatic rings. The van der Waals surface area contributed by atoms with Crippen molar-refractivity contribution in [2.75, 3.05) is 26.1 Å². The van der Waals surface area contributed by atoms with Crippen molar-refractivity contribution in [3.63, 3.8) is 0 Å². The summed E-state index contributed by atoms with van der Waals surface area (Å²) in [6, 6.07) is 8.65. The Balaban J connectivity index is 1.53. The van der Waals surface area contributed by atoms with Crippen LogP contribution >= 0.6 is 0 Å². The van der Waals surface area contributed by atoms with Gasteiger partial charge in [0.2, 0.25) is 0 Å². The fourth-order valence-electron chi connectivity index (χ4n) is 7.46. The fraction of sp³-hybridized carbons (Fsp3) is 0.810. The molecule has 0 saturated carbocycles. The molecule has 0 N–H and O–H groups in total. The highest BCUT2D eigenvalue weighted by Crippen LogP contribution is 2.43. The van der Waals surface area contributed by atoms with Crippen LogP contribution < -0.4 is 0 Å². The van der Waals surface area contributed by atoms with Gasteiger partial charge in [-0.25, -0.2) is 8.42 Å². The van der Waals surface area contributed by atoms with Crippen molar-refractivity contribution >= 4 is 26.5 Å². The van der Waals surface area contributed by atoms with Crippen LogP contribution in [0.1, 0.15) is 94.4 Å². The second kappa shape index (κ2) is 17.5. The second-order valence-electron chi connectivity index (χ2n) is 19.7. The number of sulfone groups is 1. The number of methoxy groups -OCH3 is 1. The van der Waals surface area contributed by atoms with Crippen molar-refractivity contribution in [3.8, 4) is 0 Å². The third-order valence-corrected chi connectivity index (χ3v) is 23.8. The molecule has 4 unspecified atom stereocenters. The maximum atomic E-state index is 13.9. The standard InChI is InChI=1S/C42H74O9SSi2/c1-29-23-31(21-22-32(51-54(14,15)41(6,7)8)27-47-53(12,13)40(3,4)5)48-36(30(29)2)25-37-35(28-52(43,44)34-19-17-16-18-20-34)39(45-11)38(49-37)24-33-26-46-42(9,10)50-33/h16-20,29,31-33,35-39H,2,21-28H2,1,3-15H3/t29-,31?,32?,33?,35+,36?,37+,38-,39-/m1/s1. The Hall–Kier alpha value is -0.936. The van der Waals surface area contributed by atoms with Gasteiger partial charge in [0.05, 0.1) is 66.6 Å². The summed E-state index contributed by atoms with van der Waals surface area (Å²) >= 11 is 0. The SMILES string of the molecule is C=C1C(C[C@@H]2O[C@H](CC3COC(C)(C)O3)[C@H](OC)[C@H]2CS(=O)(=O)c2ccccc2)OC(CCC(CO[Si](C)(C)C(C)(C)C)O[Si](C)(C)C(C)(C)C)C[C@H]1C. The molecule has 0 radical (unpaired) electrons. The molecule has 0 spiro atoms. The lowest BCUT2D eigenvalue weighted by molar-refractivity contribution is -0.144. The average Bonchev–Trinajstić information content (AvgIpc) is 3.56. The molecule has 12 heteroatoms. The molecule has 310 valence electrons. The number of benzene rings is 1. The van der Waals surface area contributed by atoms with Gasteiger partial charge < -0.3 is 32.5 Å². The smallest absolute Gasteiger partial charge is 0.192 e. The summed E-state index contributed by atoms with van der Waals surface area (Å²) in [7, 11) is -6.03. The van der Waals surface area contributed by atoms with Crippen LogP contribution in [0.25, 0.3) is 0 Å². The molecule has 54 heavy (non-hydrogen) atoms. The van der Waals surface area contributed by atoms with Gasteiger partial charge in [0, 0.05) is 25.9 Å². The third-order valence-electron chi connectivity index (χ3n) is 12.9. The Bertz CT molecular complexity index is 1480. The van der Waals surface area contributed by atoms with E-state index >= 15 is 0 Å². The minimum absolute atomic E-state index is 0.00193. The molecule has 1 aromatic carbocycles. The van der Waals surface area contributed by atoms with E-state index in [0.29, 0.717) is 31.0 Å². The molecule has 3 heterocycles. The van der Waals surface area contributed by atoms with Crippen LogP contribution in [0.3, 0.4) is 0 Å². The van der Waals surface area contributed by atoms with Gasteiger partial charge in [0.25, 0.3) is 0 Å². The molecule has 9 nitrogen and oxygen atoms in total. The van der Waals surface area contributed by atoms with Crippen LogP contribution in [0.2, 0.25) is 36.3 Å². The maximum Gasteiger partial charge on any atom is 0.192 e. The molecular weight excluding hydrogens is 737 g/mol. The first-order valence-electron chi connectivity index (χ1n) is 20.2. The van der Waals surface area contributed by atoms with E-state index in [1.54, 1.807) is 31.4 Å². The number of hydrogen-bond donors (Lipinski definition) is 0. The van der Waals surface area contributed by atoms with Gasteiger partial charge in [0.1, 0.15) is 0 Å². The Labute approximate surface area is 330 Å². The first-order valence-corrected chi connectivity index (χ1v) is 27.7. The normalized spacial score (nSPS) is 30.5. The van der Waals surface area contributed by atoms with E-state index in [0.717, 1.165) is 24.8 Å². The molecule has 3 saturated heterocycles. The summed E-state index contributed by atoms with van der Waals surface area (Å²) in [6.45, 7) is 34.5. The average molecular weight is 811 g/mol. The maximum absolute atomic E-state index is 13.9. The predicted octanol–water partition coefficient (Wildman–Crippen LogP) is 9.33. The Kier molecular flexibility index (Phi) is 14.8. The molecule has 0 amide bonds. The number of rotatable bonds is 16. The molecule has 9 atom stereocenters. The number of hydrogen-bond acceptors (Lipinski definition) is 9. The molecule has 3 fully saturated rings. The zero-order chi connectivity index (χ0) is 40.5. The van der Waals surface area contributed by atoms with Gasteiger partial charge in [-0.3, -0.25) is 0 Å². The van der Waals surface area contributed by atoms with Crippen LogP contribution in [0.4, 0.5) is 0 Å². The molecule has 0 bridgehead atoms. The van der Waals surface area contributed by atoms with E-state index in [9.17, 15) is 8.42 Å². The van der Waals surface area contributed by atoms with Gasteiger partial charge in [-0.1, -0.05) is 73.2 Å². The van der Waals surface area contributed by atoms with E-state index in [-0.39, 0.29) is 52.3 Å². The summed E-state index contributed by atoms with van der Waals surface area (Å²) in [5.74, 6) is -0.943. The minimum Gasteiger partial charge on any atom is -0.414 e. The van der Waals surface area contributed by atoms with E-state index in [1.807, 2.05) is 19.9 Å². The molecule has 4 rings (SSSR count). The van der Waals surface area contributed by atoms with Crippen molar-refractivity contribution < 1.29 is 41.0 Å². The minimum atomic E-state index is -3.63. The van der Waals surface area contributed by atoms with Crippen molar-refractivity contribution in [2.45, 2.75) is 184 Å². The van der Waals surface area contributed by atoms with Crippen molar-refractivity contribution in [1.29, 1.82) is 0 Å². The van der Waals surface area contributed by atoms with E-state index in [2.05, 4.69) is 81.2 Å². The van der Waals surface area contributed by atoms with Crippen LogP contribution in [-0.2, 0) is 42.4 Å². The monoisotopic (exact) mass is 810 g/mol. The summed E-state index contributed by atoms with van der Waals surface area (Å²) in [5.41, 5.74) is 1.03. The zero-order valence-corrected chi connectivity index (χ0v) is 38.8. The first kappa shape index (κ1) is 45.8. The van der Waals surface area contributed by atoms with Crippen LogP contribution in [0, 0.1) is 11.8 Å². The van der Waals surface area contributed by atoms with Gasteiger partial charge in [-0.15, -0.1) is 0 Å². The van der Waals surface area contributed by atoms with Crippen LogP contribution in [0.15, 0.2) is 47.4 Å². The Morgan fingerprint density at radius 3 is 2.11 bits per heavy atom. The molecule has 3 aliphatic rings. The van der Waals surface area contributed by atoms with E-state index in [1.165, 1.54) is 0 Å². The lowest BCUT2D eigenvalue weighted by Crippen LogP contribution is -2.48. The van der Waals surface area contributed by atoms with E-state index in [4.69, 9.17) is 32.5 Å². The first-order chi connectivity index (χ1) is 24.7. The zero-order valence-electron chi connectivity index (χ0n) is 36.0. The van der Waals surface area contributed by atoms with Gasteiger partial charge in [0.15, 0.2) is 32.3 Å². The highest BCUT2D eigenvalue weighted by atomic mass is 32.2. The van der Waals surface area contributed by atoms with Gasteiger partial charge in [-0.05, 0) is 93.0 Å². The summed E-state index contributed by atoms with van der Waals surface area (Å²) < 4.78 is 73.3. The fourth-order valence-corrected chi connectivity index (χ4v) is 11.5. The predicted molar refractivity (Wildman–Crippen MR) is 222 cm³/mol. The van der Waals surface area contributed by atoms with Crippen LogP contribution in [-0.4, -0.2) is 99.6 Å². The molecule has 0 aliphatic carbocycles. The summed E-state index contributed by atoms with van der Waals surface area (Å²) in [5, 5.41) is 0.192. The summed E-state index contributed by atoms with van der Waals surface area (Å²) in [6.07, 6.45) is 1.87. The largest absolute Gasteiger partial charge is 0.414 e. The lowest BCUT2D eigenvalue weighted by atomic mass is 9.83. The number of ether oxygens (including phenoxy) is 5. The molecule has 3 aliphatic heterocycles. The van der Waals surface area contributed by atoms with Gasteiger partial charge in [-0.2, -0.15) is 0 Å². The summed E-state index contributed by atoms with van der Waals surface area (Å²) in [4.78, 5) is 0.301. The van der Waals surface area contributed by atoms with Crippen molar-refractivity contribution in [1.82, 2.24) is 0 Å². The highest BCUT2D eigenvalue weighted by molar-refractivity contribution is 7.91. The lowest BCUT2D eigenvalue weighted by Gasteiger charge is -2.42. The van der Waals surface area contributed by atoms with Crippen molar-refractivity contribution in [3.05, 3.63) is 42.5 Å². The Morgan fingerprint density at radius 1 is 0.926 bits per heavy atom. The third kappa shape index (κ3) is 11.6. The second-order valence-corrected chi connectivity index (χ2v) is 31.3. The topological polar surface area (TPSA) is 98.8 Å².